The van der Waals surface area contributed by atoms with Gasteiger partial charge < -0.3 is 4.74 Å². The van der Waals surface area contributed by atoms with Crippen molar-refractivity contribution in [3.63, 3.8) is 0 Å². The standard InChI is InChI=1S/C11H10N2O2/c1-15-10-5-3-2-4-9(10)6-7-11(14)13-8-12/h2-7H,1H3,(H,13,14). The summed E-state index contributed by atoms with van der Waals surface area (Å²) in [4.78, 5) is 11.0. The van der Waals surface area contributed by atoms with Gasteiger partial charge in [0, 0.05) is 11.6 Å². The van der Waals surface area contributed by atoms with E-state index in [0.29, 0.717) is 5.75 Å². The average molecular weight is 202 g/mol. The van der Waals surface area contributed by atoms with Crippen molar-refractivity contribution in [2.75, 3.05) is 7.11 Å². The lowest BCUT2D eigenvalue weighted by molar-refractivity contribution is -0.115. The van der Waals surface area contributed by atoms with Gasteiger partial charge in [-0.3, -0.25) is 10.1 Å². The number of hydrogen-bond acceptors (Lipinski definition) is 3. The predicted octanol–water partition coefficient (Wildman–Crippen LogP) is 1.31. The Labute approximate surface area is 87.8 Å². The van der Waals surface area contributed by atoms with E-state index in [0.717, 1.165) is 5.56 Å². The SMILES string of the molecule is COc1ccccc1C=CC(=O)NC#N. The van der Waals surface area contributed by atoms with Crippen molar-refractivity contribution in [1.82, 2.24) is 5.32 Å². The molecule has 0 bridgehead atoms. The molecule has 0 aromatic heterocycles. The van der Waals surface area contributed by atoms with Gasteiger partial charge in [-0.1, -0.05) is 18.2 Å². The number of methoxy groups -OCH3 is 1. The van der Waals surface area contributed by atoms with Gasteiger partial charge in [0.1, 0.15) is 5.75 Å². The summed E-state index contributed by atoms with van der Waals surface area (Å²) in [5.74, 6) is 0.224. The number of nitrogens with zero attached hydrogens (tertiary/aromatic N) is 1. The molecule has 15 heavy (non-hydrogen) atoms. The van der Waals surface area contributed by atoms with E-state index < -0.39 is 5.91 Å². The Kier molecular flexibility index (Phi) is 3.92. The van der Waals surface area contributed by atoms with Crippen LogP contribution in [-0.2, 0) is 4.79 Å². The maximum atomic E-state index is 11.0. The third-order valence-electron chi connectivity index (χ3n) is 1.73. The molecule has 0 atom stereocenters. The van der Waals surface area contributed by atoms with Crippen LogP contribution in [0.2, 0.25) is 0 Å². The zero-order valence-corrected chi connectivity index (χ0v) is 8.23. The highest BCUT2D eigenvalue weighted by molar-refractivity contribution is 5.92. The second-order valence-electron chi connectivity index (χ2n) is 2.68. The number of para-hydroxylation sites is 1. The first-order chi connectivity index (χ1) is 7.27. The van der Waals surface area contributed by atoms with Crippen LogP contribution < -0.4 is 10.1 Å². The molecule has 1 aromatic carbocycles. The van der Waals surface area contributed by atoms with Crippen LogP contribution in [-0.4, -0.2) is 13.0 Å². The van der Waals surface area contributed by atoms with Crippen molar-refractivity contribution >= 4 is 12.0 Å². The quantitative estimate of drug-likeness (QED) is 0.456. The summed E-state index contributed by atoms with van der Waals surface area (Å²) in [6.45, 7) is 0. The van der Waals surface area contributed by atoms with Crippen LogP contribution in [0.3, 0.4) is 0 Å². The molecule has 1 amide bonds. The fraction of sp³-hybridized carbons (Fsp3) is 0.0909. The normalized spacial score (nSPS) is 9.60. The van der Waals surface area contributed by atoms with Gasteiger partial charge in [-0.2, -0.15) is 5.26 Å². The van der Waals surface area contributed by atoms with Crippen molar-refractivity contribution in [2.24, 2.45) is 0 Å². The van der Waals surface area contributed by atoms with Gasteiger partial charge in [0.05, 0.1) is 7.11 Å². The number of benzene rings is 1. The van der Waals surface area contributed by atoms with Crippen LogP contribution in [0.1, 0.15) is 5.56 Å². The first-order valence-electron chi connectivity index (χ1n) is 4.28. The van der Waals surface area contributed by atoms with E-state index in [2.05, 4.69) is 0 Å². The van der Waals surface area contributed by atoms with Gasteiger partial charge in [0.2, 0.25) is 0 Å². The molecule has 1 aromatic rings. The molecule has 4 nitrogen and oxygen atoms in total. The topological polar surface area (TPSA) is 62.1 Å². The highest BCUT2D eigenvalue weighted by Gasteiger charge is 1.98. The van der Waals surface area contributed by atoms with Gasteiger partial charge in [-0.05, 0) is 12.1 Å². The van der Waals surface area contributed by atoms with Crippen molar-refractivity contribution in [3.05, 3.63) is 35.9 Å². The molecular formula is C11H10N2O2. The Morgan fingerprint density at radius 2 is 2.27 bits per heavy atom. The fourth-order valence-electron chi connectivity index (χ4n) is 1.07. The maximum Gasteiger partial charge on any atom is 0.256 e. The molecule has 4 heteroatoms. The summed E-state index contributed by atoms with van der Waals surface area (Å²) in [6, 6.07) is 7.28. The van der Waals surface area contributed by atoms with Crippen LogP contribution in [0.5, 0.6) is 5.75 Å². The Bertz CT molecular complexity index is 419. The highest BCUT2D eigenvalue weighted by atomic mass is 16.5. The Morgan fingerprint density at radius 1 is 1.53 bits per heavy atom. The Hall–Kier alpha value is -2.28. The number of nitriles is 1. The molecule has 0 saturated carbocycles. The minimum atomic E-state index is -0.455. The number of carbonyl (C=O) groups excluding carboxylic acids is 1. The molecule has 0 radical (unpaired) electrons. The molecule has 0 aliphatic carbocycles. The molecule has 76 valence electrons. The van der Waals surface area contributed by atoms with Crippen LogP contribution in [0.15, 0.2) is 30.3 Å². The fourth-order valence-corrected chi connectivity index (χ4v) is 1.07. The molecule has 0 aliphatic heterocycles. The monoisotopic (exact) mass is 202 g/mol. The first-order valence-corrected chi connectivity index (χ1v) is 4.28. The van der Waals surface area contributed by atoms with Crippen LogP contribution >= 0.6 is 0 Å². The third-order valence-corrected chi connectivity index (χ3v) is 1.73. The number of hydrogen-bond donors (Lipinski definition) is 1. The summed E-state index contributed by atoms with van der Waals surface area (Å²) in [6.07, 6.45) is 4.42. The van der Waals surface area contributed by atoms with Gasteiger partial charge in [0.15, 0.2) is 6.19 Å². The highest BCUT2D eigenvalue weighted by Crippen LogP contribution is 2.18. The third kappa shape index (κ3) is 3.16. The molecule has 0 fully saturated rings. The molecular weight excluding hydrogens is 192 g/mol. The summed E-state index contributed by atoms with van der Waals surface area (Å²) < 4.78 is 5.09. The smallest absolute Gasteiger partial charge is 0.256 e. The number of amides is 1. The van der Waals surface area contributed by atoms with E-state index in [-0.39, 0.29) is 0 Å². The lowest BCUT2D eigenvalue weighted by atomic mass is 10.2. The molecule has 1 N–H and O–H groups in total. The molecule has 0 aliphatic rings. The maximum absolute atomic E-state index is 11.0. The summed E-state index contributed by atoms with van der Waals surface area (Å²) in [7, 11) is 1.56. The zero-order chi connectivity index (χ0) is 11.1. The molecule has 0 unspecified atom stereocenters. The van der Waals surface area contributed by atoms with Crippen LogP contribution in [0.4, 0.5) is 0 Å². The summed E-state index contributed by atoms with van der Waals surface area (Å²) in [5, 5.41) is 10.2. The van der Waals surface area contributed by atoms with E-state index in [1.807, 2.05) is 23.5 Å². The number of ether oxygens (including phenoxy) is 1. The van der Waals surface area contributed by atoms with Gasteiger partial charge in [-0.25, -0.2) is 0 Å². The first kappa shape index (κ1) is 10.8. The van der Waals surface area contributed by atoms with Crippen molar-refractivity contribution < 1.29 is 9.53 Å². The van der Waals surface area contributed by atoms with E-state index in [4.69, 9.17) is 10.00 Å². The van der Waals surface area contributed by atoms with Crippen LogP contribution in [0, 0.1) is 11.5 Å². The van der Waals surface area contributed by atoms with Gasteiger partial charge in [0.25, 0.3) is 5.91 Å². The van der Waals surface area contributed by atoms with Gasteiger partial charge >= 0.3 is 0 Å². The van der Waals surface area contributed by atoms with Crippen molar-refractivity contribution in [1.29, 1.82) is 5.26 Å². The second-order valence-corrected chi connectivity index (χ2v) is 2.68. The molecule has 0 heterocycles. The largest absolute Gasteiger partial charge is 0.496 e. The minimum absolute atomic E-state index is 0.455. The number of nitrogens with one attached hydrogen (secondary N) is 1. The lowest BCUT2D eigenvalue weighted by Crippen LogP contribution is -2.13. The van der Waals surface area contributed by atoms with E-state index in [9.17, 15) is 4.79 Å². The van der Waals surface area contributed by atoms with E-state index in [1.54, 1.807) is 25.4 Å². The number of carbonyl (C=O) groups is 1. The van der Waals surface area contributed by atoms with Crippen LogP contribution in [0.25, 0.3) is 6.08 Å². The molecule has 0 saturated heterocycles. The lowest BCUT2D eigenvalue weighted by Gasteiger charge is -2.02. The molecule has 0 spiro atoms. The molecule has 1 rings (SSSR count). The zero-order valence-electron chi connectivity index (χ0n) is 8.23. The summed E-state index contributed by atoms with van der Waals surface area (Å²) >= 11 is 0. The predicted molar refractivity (Wildman–Crippen MR) is 55.8 cm³/mol. The van der Waals surface area contributed by atoms with Crippen molar-refractivity contribution in [3.8, 4) is 11.9 Å². The van der Waals surface area contributed by atoms with Crippen molar-refractivity contribution in [2.45, 2.75) is 0 Å². The minimum Gasteiger partial charge on any atom is -0.496 e. The summed E-state index contributed by atoms with van der Waals surface area (Å²) in [5.41, 5.74) is 0.785. The number of rotatable bonds is 3. The Morgan fingerprint density at radius 3 is 2.93 bits per heavy atom. The van der Waals surface area contributed by atoms with E-state index in [1.165, 1.54) is 6.08 Å². The van der Waals surface area contributed by atoms with Gasteiger partial charge in [-0.15, -0.1) is 0 Å². The van der Waals surface area contributed by atoms with E-state index >= 15 is 0 Å². The second kappa shape index (κ2) is 5.45. The average Bonchev–Trinajstić information content (AvgIpc) is 2.27. The Balaban J connectivity index is 2.80.